The van der Waals surface area contributed by atoms with E-state index in [1.807, 2.05) is 41.3 Å². The lowest BCUT2D eigenvalue weighted by Crippen LogP contribution is -2.29. The molecule has 1 atom stereocenters. The molecule has 0 N–H and O–H groups in total. The van der Waals surface area contributed by atoms with Crippen molar-refractivity contribution in [1.82, 2.24) is 4.90 Å². The molecule has 0 aliphatic carbocycles. The van der Waals surface area contributed by atoms with E-state index in [0.717, 1.165) is 34.4 Å². The molecule has 0 spiro atoms. The minimum atomic E-state index is 0.140. The minimum absolute atomic E-state index is 0.140. The fourth-order valence-corrected chi connectivity index (χ4v) is 3.52. The van der Waals surface area contributed by atoms with Crippen LogP contribution in [-0.4, -0.2) is 31.0 Å². The van der Waals surface area contributed by atoms with Crippen molar-refractivity contribution in [3.8, 4) is 5.75 Å². The number of methoxy groups -OCH3 is 1. The highest BCUT2D eigenvalue weighted by Crippen LogP contribution is 2.29. The second-order valence-corrected chi connectivity index (χ2v) is 6.65. The molecule has 2 aromatic carbocycles. The molecule has 1 saturated heterocycles. The van der Waals surface area contributed by atoms with Crippen LogP contribution in [0.1, 0.15) is 28.3 Å². The quantitative estimate of drug-likeness (QED) is 0.722. The Morgan fingerprint density at radius 3 is 2.59 bits per heavy atom. The van der Waals surface area contributed by atoms with E-state index in [9.17, 15) is 4.79 Å². The second-order valence-electron chi connectivity index (χ2n) is 5.49. The molecule has 1 aliphatic heterocycles. The first-order chi connectivity index (χ1) is 10.7. The SMILES string of the molecule is COc1ccc(C2CCN(C(=O)c3ccccc3I)C2)cc1. The Balaban J connectivity index is 1.71. The maximum absolute atomic E-state index is 12.6. The van der Waals surface area contributed by atoms with Crippen molar-refractivity contribution >= 4 is 28.5 Å². The van der Waals surface area contributed by atoms with Gasteiger partial charge in [-0.3, -0.25) is 4.79 Å². The van der Waals surface area contributed by atoms with Crippen LogP contribution in [0.5, 0.6) is 5.75 Å². The normalized spacial score (nSPS) is 17.5. The van der Waals surface area contributed by atoms with Crippen LogP contribution < -0.4 is 4.74 Å². The van der Waals surface area contributed by atoms with Gasteiger partial charge in [-0.1, -0.05) is 24.3 Å². The summed E-state index contributed by atoms with van der Waals surface area (Å²) in [6.45, 7) is 1.61. The van der Waals surface area contributed by atoms with Gasteiger partial charge < -0.3 is 9.64 Å². The molecule has 0 bridgehead atoms. The van der Waals surface area contributed by atoms with E-state index in [1.165, 1.54) is 5.56 Å². The van der Waals surface area contributed by atoms with Gasteiger partial charge in [0.05, 0.1) is 12.7 Å². The van der Waals surface area contributed by atoms with E-state index in [0.29, 0.717) is 5.92 Å². The number of ether oxygens (including phenoxy) is 1. The molecule has 3 nitrogen and oxygen atoms in total. The molecule has 4 heteroatoms. The standard InChI is InChI=1S/C18H18INO2/c1-22-15-8-6-13(7-9-15)14-10-11-20(12-14)18(21)16-4-2-3-5-17(16)19/h2-9,14H,10-12H2,1H3. The summed E-state index contributed by atoms with van der Waals surface area (Å²) in [5.74, 6) is 1.42. The third kappa shape index (κ3) is 3.11. The predicted molar refractivity (Wildman–Crippen MR) is 95.4 cm³/mol. The van der Waals surface area contributed by atoms with Crippen LogP contribution in [0.25, 0.3) is 0 Å². The summed E-state index contributed by atoms with van der Waals surface area (Å²) < 4.78 is 6.21. The average molecular weight is 407 g/mol. The first-order valence-corrected chi connectivity index (χ1v) is 8.44. The summed E-state index contributed by atoms with van der Waals surface area (Å²) in [6, 6.07) is 15.9. The van der Waals surface area contributed by atoms with Crippen LogP contribution in [0.3, 0.4) is 0 Å². The highest BCUT2D eigenvalue weighted by Gasteiger charge is 2.28. The van der Waals surface area contributed by atoms with Crippen molar-refractivity contribution in [3.05, 3.63) is 63.2 Å². The number of rotatable bonds is 3. The number of hydrogen-bond donors (Lipinski definition) is 0. The number of amides is 1. The molecule has 0 saturated carbocycles. The predicted octanol–water partition coefficient (Wildman–Crippen LogP) is 3.93. The van der Waals surface area contributed by atoms with Gasteiger partial charge in [-0.2, -0.15) is 0 Å². The summed E-state index contributed by atoms with van der Waals surface area (Å²) in [7, 11) is 1.67. The Morgan fingerprint density at radius 1 is 1.18 bits per heavy atom. The zero-order valence-corrected chi connectivity index (χ0v) is 14.6. The highest BCUT2D eigenvalue weighted by molar-refractivity contribution is 14.1. The fourth-order valence-electron chi connectivity index (χ4n) is 2.90. The van der Waals surface area contributed by atoms with Crippen LogP contribution in [0, 0.1) is 3.57 Å². The van der Waals surface area contributed by atoms with Gasteiger partial charge in [0.1, 0.15) is 5.75 Å². The zero-order chi connectivity index (χ0) is 15.5. The molecule has 3 rings (SSSR count). The van der Waals surface area contributed by atoms with Crippen LogP contribution in [0.15, 0.2) is 48.5 Å². The lowest BCUT2D eigenvalue weighted by molar-refractivity contribution is 0.0789. The Labute approximate surface area is 144 Å². The van der Waals surface area contributed by atoms with Gasteiger partial charge in [-0.15, -0.1) is 0 Å². The molecule has 0 radical (unpaired) electrons. The van der Waals surface area contributed by atoms with Gasteiger partial charge in [0, 0.05) is 22.6 Å². The van der Waals surface area contributed by atoms with Crippen molar-refractivity contribution in [3.63, 3.8) is 0 Å². The topological polar surface area (TPSA) is 29.5 Å². The van der Waals surface area contributed by atoms with Crippen LogP contribution >= 0.6 is 22.6 Å². The van der Waals surface area contributed by atoms with E-state index in [1.54, 1.807) is 7.11 Å². The lowest BCUT2D eigenvalue weighted by Gasteiger charge is -2.17. The van der Waals surface area contributed by atoms with Gasteiger partial charge in [0.15, 0.2) is 0 Å². The van der Waals surface area contributed by atoms with Gasteiger partial charge in [-0.05, 0) is 58.8 Å². The molecule has 1 heterocycles. The molecule has 1 amide bonds. The van der Waals surface area contributed by atoms with Crippen molar-refractivity contribution in [2.24, 2.45) is 0 Å². The van der Waals surface area contributed by atoms with Crippen molar-refractivity contribution in [2.45, 2.75) is 12.3 Å². The van der Waals surface area contributed by atoms with Gasteiger partial charge in [0.25, 0.3) is 5.91 Å². The zero-order valence-electron chi connectivity index (χ0n) is 12.5. The molecule has 2 aromatic rings. The molecule has 1 aliphatic rings. The molecular weight excluding hydrogens is 389 g/mol. The van der Waals surface area contributed by atoms with Crippen molar-refractivity contribution in [1.29, 1.82) is 0 Å². The average Bonchev–Trinajstić information content (AvgIpc) is 3.05. The minimum Gasteiger partial charge on any atom is -0.497 e. The first-order valence-electron chi connectivity index (χ1n) is 7.37. The number of benzene rings is 2. The molecule has 22 heavy (non-hydrogen) atoms. The number of nitrogens with zero attached hydrogens (tertiary/aromatic N) is 1. The summed E-state index contributed by atoms with van der Waals surface area (Å²) in [4.78, 5) is 14.6. The number of hydrogen-bond acceptors (Lipinski definition) is 2. The molecule has 1 unspecified atom stereocenters. The van der Waals surface area contributed by atoms with Gasteiger partial charge in [0.2, 0.25) is 0 Å². The Bertz CT molecular complexity index is 669. The molecular formula is C18H18INO2. The lowest BCUT2D eigenvalue weighted by atomic mass is 9.98. The number of halogens is 1. The summed E-state index contributed by atoms with van der Waals surface area (Å²) >= 11 is 2.23. The van der Waals surface area contributed by atoms with Crippen molar-refractivity contribution in [2.75, 3.05) is 20.2 Å². The molecule has 1 fully saturated rings. The van der Waals surface area contributed by atoms with Crippen molar-refractivity contribution < 1.29 is 9.53 Å². The van der Waals surface area contributed by atoms with E-state index in [4.69, 9.17) is 4.74 Å². The third-order valence-corrected chi connectivity index (χ3v) is 5.11. The monoisotopic (exact) mass is 407 g/mol. The van der Waals surface area contributed by atoms with Gasteiger partial charge in [-0.25, -0.2) is 0 Å². The van der Waals surface area contributed by atoms with Gasteiger partial charge >= 0.3 is 0 Å². The van der Waals surface area contributed by atoms with Crippen LogP contribution in [0.2, 0.25) is 0 Å². The van der Waals surface area contributed by atoms with E-state index < -0.39 is 0 Å². The van der Waals surface area contributed by atoms with Crippen LogP contribution in [-0.2, 0) is 0 Å². The van der Waals surface area contributed by atoms with E-state index >= 15 is 0 Å². The summed E-state index contributed by atoms with van der Waals surface area (Å²) in [5.41, 5.74) is 2.08. The summed E-state index contributed by atoms with van der Waals surface area (Å²) in [5, 5.41) is 0. The van der Waals surface area contributed by atoms with E-state index in [2.05, 4.69) is 34.7 Å². The first kappa shape index (κ1) is 15.3. The molecule has 114 valence electrons. The maximum atomic E-state index is 12.6. The maximum Gasteiger partial charge on any atom is 0.254 e. The number of carbonyl (C=O) groups excluding carboxylic acids is 1. The Hall–Kier alpha value is -1.56. The second kappa shape index (κ2) is 6.69. The number of carbonyl (C=O) groups is 1. The molecule has 0 aromatic heterocycles. The smallest absolute Gasteiger partial charge is 0.254 e. The number of likely N-dealkylation sites (tertiary alicyclic amines) is 1. The Morgan fingerprint density at radius 2 is 1.91 bits per heavy atom. The highest BCUT2D eigenvalue weighted by atomic mass is 127. The fraction of sp³-hybridized carbons (Fsp3) is 0.278. The third-order valence-electron chi connectivity index (χ3n) is 4.17. The van der Waals surface area contributed by atoms with Crippen LogP contribution in [0.4, 0.5) is 0 Å². The summed E-state index contributed by atoms with van der Waals surface area (Å²) in [6.07, 6.45) is 1.02. The Kier molecular flexibility index (Phi) is 4.66. The largest absolute Gasteiger partial charge is 0.497 e. The van der Waals surface area contributed by atoms with E-state index in [-0.39, 0.29) is 5.91 Å².